The molecule has 2 aromatic carbocycles. The van der Waals surface area contributed by atoms with Gasteiger partial charge in [0.05, 0.1) is 5.56 Å². The number of nitrogen functional groups attached to an aromatic ring is 1. The van der Waals surface area contributed by atoms with Gasteiger partial charge in [-0.05, 0) is 42.5 Å². The highest BCUT2D eigenvalue weighted by atomic mass is 16.1. The monoisotopic (exact) mass is 295 g/mol. The fourth-order valence-electron chi connectivity index (χ4n) is 3.24. The summed E-state index contributed by atoms with van der Waals surface area (Å²) in [4.78, 5) is 13.8. The zero-order valence-electron chi connectivity index (χ0n) is 12.5. The largest absolute Gasteiger partial charge is 0.398 e. The van der Waals surface area contributed by atoms with E-state index in [1.54, 1.807) is 6.07 Å². The summed E-state index contributed by atoms with van der Waals surface area (Å²) in [5.74, 6) is -0.0691. The Morgan fingerprint density at radius 2 is 1.68 bits per heavy atom. The van der Waals surface area contributed by atoms with Gasteiger partial charge in [-0.3, -0.25) is 4.79 Å². The van der Waals surface area contributed by atoms with Gasteiger partial charge in [0.15, 0.2) is 0 Å². The van der Waals surface area contributed by atoms with E-state index in [9.17, 15) is 4.79 Å². The first-order valence-corrected chi connectivity index (χ1v) is 7.65. The molecule has 0 radical (unpaired) electrons. The van der Waals surface area contributed by atoms with E-state index in [1.807, 2.05) is 18.2 Å². The van der Waals surface area contributed by atoms with Crippen molar-refractivity contribution in [1.82, 2.24) is 0 Å². The van der Waals surface area contributed by atoms with Gasteiger partial charge in [0.2, 0.25) is 0 Å². The summed E-state index contributed by atoms with van der Waals surface area (Å²) in [5.41, 5.74) is 14.8. The average Bonchev–Trinajstić information content (AvgIpc) is 2.56. The number of amides is 1. The van der Waals surface area contributed by atoms with E-state index in [-0.39, 0.29) is 0 Å². The smallest absolute Gasteiger partial charge is 0.250 e. The number of piperidine rings is 1. The Morgan fingerprint density at radius 3 is 2.32 bits per heavy atom. The number of benzene rings is 2. The van der Waals surface area contributed by atoms with Gasteiger partial charge in [0, 0.05) is 24.5 Å². The molecule has 0 unspecified atom stereocenters. The first-order valence-electron chi connectivity index (χ1n) is 7.65. The zero-order valence-corrected chi connectivity index (χ0v) is 12.5. The van der Waals surface area contributed by atoms with Crippen molar-refractivity contribution in [2.24, 2.45) is 5.73 Å². The molecule has 0 aromatic heterocycles. The minimum Gasteiger partial charge on any atom is -0.398 e. The number of rotatable bonds is 3. The Morgan fingerprint density at radius 1 is 1.00 bits per heavy atom. The van der Waals surface area contributed by atoms with Gasteiger partial charge in [-0.25, -0.2) is 0 Å². The standard InChI is InChI=1S/C18H21N3O/c19-17-15(7-4-8-16(17)18(20)22)13-9-11-21(12-10-13)14-5-2-1-3-6-14/h1-8,13H,9-12,19H2,(H2,20,22). The van der Waals surface area contributed by atoms with Gasteiger partial charge in [-0.2, -0.15) is 0 Å². The molecule has 0 saturated carbocycles. The molecular formula is C18H21N3O. The molecule has 3 rings (SSSR count). The lowest BCUT2D eigenvalue weighted by Gasteiger charge is -2.34. The van der Waals surface area contributed by atoms with E-state index in [2.05, 4.69) is 29.2 Å². The number of hydrogen-bond donors (Lipinski definition) is 2. The van der Waals surface area contributed by atoms with Crippen molar-refractivity contribution in [1.29, 1.82) is 0 Å². The van der Waals surface area contributed by atoms with Crippen molar-refractivity contribution in [3.8, 4) is 0 Å². The third kappa shape index (κ3) is 2.77. The Labute approximate surface area is 130 Å². The molecular weight excluding hydrogens is 274 g/mol. The van der Waals surface area contributed by atoms with Crippen molar-refractivity contribution >= 4 is 17.3 Å². The summed E-state index contributed by atoms with van der Waals surface area (Å²) >= 11 is 0. The molecule has 0 aliphatic carbocycles. The highest BCUT2D eigenvalue weighted by Crippen LogP contribution is 2.34. The minimum atomic E-state index is -0.457. The molecule has 0 atom stereocenters. The van der Waals surface area contributed by atoms with Crippen LogP contribution in [0.2, 0.25) is 0 Å². The number of para-hydroxylation sites is 2. The van der Waals surface area contributed by atoms with Gasteiger partial charge in [0.25, 0.3) is 5.91 Å². The molecule has 1 heterocycles. The first-order chi connectivity index (χ1) is 10.7. The van der Waals surface area contributed by atoms with Crippen LogP contribution in [-0.4, -0.2) is 19.0 Å². The van der Waals surface area contributed by atoms with Crippen LogP contribution in [0.1, 0.15) is 34.7 Å². The molecule has 4 N–H and O–H groups in total. The van der Waals surface area contributed by atoms with Crippen molar-refractivity contribution in [3.63, 3.8) is 0 Å². The van der Waals surface area contributed by atoms with Crippen LogP contribution in [0.3, 0.4) is 0 Å². The summed E-state index contributed by atoms with van der Waals surface area (Å²) in [6.45, 7) is 1.99. The fourth-order valence-corrected chi connectivity index (χ4v) is 3.24. The summed E-state index contributed by atoms with van der Waals surface area (Å²) in [6, 6.07) is 16.0. The van der Waals surface area contributed by atoms with E-state index in [4.69, 9.17) is 11.5 Å². The number of nitrogens with two attached hydrogens (primary N) is 2. The quantitative estimate of drug-likeness (QED) is 0.855. The molecule has 0 bridgehead atoms. The Bertz CT molecular complexity index is 661. The molecule has 1 aliphatic rings. The van der Waals surface area contributed by atoms with Crippen molar-refractivity contribution < 1.29 is 4.79 Å². The van der Waals surface area contributed by atoms with Crippen LogP contribution in [0.4, 0.5) is 11.4 Å². The molecule has 2 aromatic rings. The predicted molar refractivity (Wildman–Crippen MR) is 90.0 cm³/mol. The van der Waals surface area contributed by atoms with Gasteiger partial charge in [0.1, 0.15) is 0 Å². The summed E-state index contributed by atoms with van der Waals surface area (Å²) in [7, 11) is 0. The van der Waals surface area contributed by atoms with E-state index >= 15 is 0 Å². The topological polar surface area (TPSA) is 72.4 Å². The number of hydrogen-bond acceptors (Lipinski definition) is 3. The predicted octanol–water partition coefficient (Wildman–Crippen LogP) is 2.75. The molecule has 0 spiro atoms. The van der Waals surface area contributed by atoms with Crippen LogP contribution < -0.4 is 16.4 Å². The highest BCUT2D eigenvalue weighted by molar-refractivity contribution is 5.98. The normalized spacial score (nSPS) is 15.7. The van der Waals surface area contributed by atoms with Gasteiger partial charge in [-0.15, -0.1) is 0 Å². The minimum absolute atomic E-state index is 0.388. The number of nitrogens with zero attached hydrogens (tertiary/aromatic N) is 1. The summed E-state index contributed by atoms with van der Waals surface area (Å²) in [6.07, 6.45) is 2.06. The molecule has 1 saturated heterocycles. The Hall–Kier alpha value is -2.49. The number of anilines is 2. The maximum atomic E-state index is 11.4. The lowest BCUT2D eigenvalue weighted by atomic mass is 9.87. The van der Waals surface area contributed by atoms with Crippen LogP contribution >= 0.6 is 0 Å². The maximum Gasteiger partial charge on any atom is 0.250 e. The van der Waals surface area contributed by atoms with Gasteiger partial charge < -0.3 is 16.4 Å². The first kappa shape index (κ1) is 14.4. The summed E-state index contributed by atoms with van der Waals surface area (Å²) < 4.78 is 0. The van der Waals surface area contributed by atoms with Gasteiger partial charge in [-0.1, -0.05) is 30.3 Å². The van der Waals surface area contributed by atoms with Crippen molar-refractivity contribution in [3.05, 3.63) is 59.7 Å². The number of primary amides is 1. The van der Waals surface area contributed by atoms with Crippen LogP contribution in [0.5, 0.6) is 0 Å². The lowest BCUT2D eigenvalue weighted by molar-refractivity contribution is 0.100. The maximum absolute atomic E-state index is 11.4. The third-order valence-electron chi connectivity index (χ3n) is 4.46. The van der Waals surface area contributed by atoms with Crippen LogP contribution in [0.15, 0.2) is 48.5 Å². The number of carbonyl (C=O) groups is 1. The Kier molecular flexibility index (Phi) is 4.00. The highest BCUT2D eigenvalue weighted by Gasteiger charge is 2.23. The molecule has 4 heteroatoms. The van der Waals surface area contributed by atoms with Crippen LogP contribution in [-0.2, 0) is 0 Å². The second-order valence-corrected chi connectivity index (χ2v) is 5.77. The third-order valence-corrected chi connectivity index (χ3v) is 4.46. The van der Waals surface area contributed by atoms with Crippen LogP contribution in [0.25, 0.3) is 0 Å². The van der Waals surface area contributed by atoms with Crippen molar-refractivity contribution in [2.45, 2.75) is 18.8 Å². The second kappa shape index (κ2) is 6.10. The lowest BCUT2D eigenvalue weighted by Crippen LogP contribution is -2.33. The molecule has 1 aliphatic heterocycles. The fraction of sp³-hybridized carbons (Fsp3) is 0.278. The SMILES string of the molecule is NC(=O)c1cccc(C2CCN(c3ccccc3)CC2)c1N. The molecule has 1 fully saturated rings. The van der Waals surface area contributed by atoms with Crippen molar-refractivity contribution in [2.75, 3.05) is 23.7 Å². The van der Waals surface area contributed by atoms with E-state index < -0.39 is 5.91 Å². The summed E-state index contributed by atoms with van der Waals surface area (Å²) in [5, 5.41) is 0. The number of carbonyl (C=O) groups excluding carboxylic acids is 1. The Balaban J connectivity index is 1.74. The van der Waals surface area contributed by atoms with Gasteiger partial charge >= 0.3 is 0 Å². The molecule has 22 heavy (non-hydrogen) atoms. The second-order valence-electron chi connectivity index (χ2n) is 5.77. The molecule has 4 nitrogen and oxygen atoms in total. The van der Waals surface area contributed by atoms with E-state index in [0.29, 0.717) is 17.2 Å². The zero-order chi connectivity index (χ0) is 15.5. The molecule has 1 amide bonds. The average molecular weight is 295 g/mol. The molecule has 114 valence electrons. The van der Waals surface area contributed by atoms with E-state index in [1.165, 1.54) is 5.69 Å². The van der Waals surface area contributed by atoms with E-state index in [0.717, 1.165) is 31.5 Å². The van der Waals surface area contributed by atoms with Crippen LogP contribution in [0, 0.1) is 0 Å².